The molecule has 2 aliphatic carbocycles. The monoisotopic (exact) mass is 595 g/mol. The van der Waals surface area contributed by atoms with Crippen molar-refractivity contribution < 1.29 is 18.9 Å². The molecule has 9 heteroatoms. The van der Waals surface area contributed by atoms with Gasteiger partial charge in [-0.05, 0) is 98.2 Å². The Morgan fingerprint density at radius 2 is 1.85 bits per heavy atom. The fourth-order valence-corrected chi connectivity index (χ4v) is 9.19. The minimum atomic E-state index is -1.57. The van der Waals surface area contributed by atoms with Crippen LogP contribution in [0.5, 0.6) is 5.75 Å². The highest BCUT2D eigenvalue weighted by Crippen LogP contribution is 2.47. The Morgan fingerprint density at radius 1 is 0.976 bits per heavy atom. The van der Waals surface area contributed by atoms with E-state index < -0.39 is 11.4 Å². The zero-order valence-corrected chi connectivity index (χ0v) is 25.0. The first-order valence-corrected chi connectivity index (χ1v) is 16.8. The molecule has 5 atom stereocenters. The molecule has 2 aromatic carbocycles. The molecule has 1 saturated heterocycles. The van der Waals surface area contributed by atoms with E-state index in [0.29, 0.717) is 43.5 Å². The first kappa shape index (κ1) is 27.4. The van der Waals surface area contributed by atoms with Crippen molar-refractivity contribution in [3.05, 3.63) is 58.1 Å². The van der Waals surface area contributed by atoms with Gasteiger partial charge in [-0.3, -0.25) is 9.59 Å². The molecule has 2 amide bonds. The third-order valence-corrected chi connectivity index (χ3v) is 11.9. The fourth-order valence-electron chi connectivity index (χ4n) is 7.84. The molecule has 2 aromatic rings. The van der Waals surface area contributed by atoms with Crippen LogP contribution in [0.2, 0.25) is 5.02 Å². The SMILES string of the molecule is O=C1N[S+]([O-])[C@H]2CCCN(C2)C(=O)CC[C@@H]2CC[C@H]2CN2C[C@@]3(CCCc4cc(Cl)ccc43)COc3ccc1cc32. The van der Waals surface area contributed by atoms with Crippen molar-refractivity contribution in [2.24, 2.45) is 11.8 Å². The number of hydrogen-bond acceptors (Lipinski definition) is 5. The van der Waals surface area contributed by atoms with Gasteiger partial charge in [-0.1, -0.05) is 17.7 Å². The van der Waals surface area contributed by atoms with Crippen LogP contribution in [0.15, 0.2) is 36.4 Å². The highest BCUT2D eigenvalue weighted by atomic mass is 35.5. The number of nitrogens with one attached hydrogen (secondary N) is 1. The van der Waals surface area contributed by atoms with Gasteiger partial charge < -0.3 is 19.1 Å². The normalized spacial score (nSPS) is 31.8. The van der Waals surface area contributed by atoms with Crippen LogP contribution in [-0.4, -0.2) is 59.3 Å². The molecular weight excluding hydrogens is 558 g/mol. The number of hydrogen-bond donors (Lipinski definition) is 1. The molecule has 1 unspecified atom stereocenters. The van der Waals surface area contributed by atoms with Crippen LogP contribution in [0.4, 0.5) is 5.69 Å². The number of piperidine rings is 1. The second kappa shape index (κ2) is 11.0. The molecule has 218 valence electrons. The maximum Gasteiger partial charge on any atom is 0.292 e. The summed E-state index contributed by atoms with van der Waals surface area (Å²) in [4.78, 5) is 30.9. The summed E-state index contributed by atoms with van der Waals surface area (Å²) in [6, 6.07) is 11.9. The maximum absolute atomic E-state index is 13.4. The van der Waals surface area contributed by atoms with E-state index in [9.17, 15) is 14.1 Å². The molecule has 1 spiro atoms. The number of aryl methyl sites for hydroxylation is 1. The second-order valence-electron chi connectivity index (χ2n) is 12.8. The van der Waals surface area contributed by atoms with E-state index in [2.05, 4.69) is 21.8 Å². The molecule has 4 bridgehead atoms. The molecule has 3 heterocycles. The number of halogens is 1. The van der Waals surface area contributed by atoms with Crippen LogP contribution in [0, 0.1) is 11.8 Å². The Balaban J connectivity index is 1.26. The molecule has 41 heavy (non-hydrogen) atoms. The van der Waals surface area contributed by atoms with Crippen molar-refractivity contribution in [3.8, 4) is 5.75 Å². The summed E-state index contributed by atoms with van der Waals surface area (Å²) in [6.07, 6.45) is 8.40. The lowest BCUT2D eigenvalue weighted by molar-refractivity contribution is -0.132. The van der Waals surface area contributed by atoms with E-state index in [0.717, 1.165) is 80.9 Å². The van der Waals surface area contributed by atoms with E-state index in [1.807, 2.05) is 23.1 Å². The number of ether oxygens (including phenoxy) is 1. The number of rotatable bonds is 0. The van der Waals surface area contributed by atoms with Crippen molar-refractivity contribution in [3.63, 3.8) is 0 Å². The summed E-state index contributed by atoms with van der Waals surface area (Å²) in [5.74, 6) is 1.60. The Labute approximate surface area is 250 Å². The van der Waals surface area contributed by atoms with Gasteiger partial charge in [0.1, 0.15) is 5.75 Å². The number of nitrogens with zero attached hydrogens (tertiary/aromatic N) is 2. The van der Waals surface area contributed by atoms with Gasteiger partial charge in [-0.15, -0.1) is 0 Å². The van der Waals surface area contributed by atoms with Crippen molar-refractivity contribution in [2.75, 3.05) is 37.7 Å². The van der Waals surface area contributed by atoms with E-state index in [4.69, 9.17) is 16.3 Å². The molecular formula is C32H38ClN3O4S. The van der Waals surface area contributed by atoms with Gasteiger partial charge in [0, 0.05) is 48.5 Å². The average Bonchev–Trinajstić information content (AvgIpc) is 3.11. The first-order valence-electron chi connectivity index (χ1n) is 15.2. The summed E-state index contributed by atoms with van der Waals surface area (Å²) in [5, 5.41) is 0.519. The lowest BCUT2D eigenvalue weighted by Crippen LogP contribution is -2.50. The molecule has 7 nitrogen and oxygen atoms in total. The molecule has 2 fully saturated rings. The van der Waals surface area contributed by atoms with Crippen LogP contribution in [0.25, 0.3) is 0 Å². The van der Waals surface area contributed by atoms with Gasteiger partial charge in [0.25, 0.3) is 5.91 Å². The number of amides is 2. The van der Waals surface area contributed by atoms with Crippen molar-refractivity contribution in [1.82, 2.24) is 9.62 Å². The highest BCUT2D eigenvalue weighted by molar-refractivity contribution is 7.90. The van der Waals surface area contributed by atoms with Gasteiger partial charge in [0.05, 0.1) is 30.2 Å². The number of carbonyl (C=O) groups excluding carboxylic acids is 2. The van der Waals surface area contributed by atoms with Gasteiger partial charge in [-0.25, -0.2) is 0 Å². The molecule has 0 aromatic heterocycles. The predicted octanol–water partition coefficient (Wildman–Crippen LogP) is 5.02. The molecule has 5 aliphatic rings. The Hall–Kier alpha value is -2.42. The maximum atomic E-state index is 13.4. The van der Waals surface area contributed by atoms with Crippen LogP contribution in [0.3, 0.4) is 0 Å². The number of anilines is 1. The lowest BCUT2D eigenvalue weighted by atomic mass is 9.69. The van der Waals surface area contributed by atoms with Crippen molar-refractivity contribution >= 4 is 40.5 Å². The Bertz CT molecular complexity index is 1360. The second-order valence-corrected chi connectivity index (χ2v) is 14.7. The first-order chi connectivity index (χ1) is 19.9. The molecule has 0 radical (unpaired) electrons. The van der Waals surface area contributed by atoms with E-state index >= 15 is 0 Å². The molecule has 1 saturated carbocycles. The standard InChI is InChI=1S/C32H38ClN3O4S/c33-25-9-10-27-22(15-25)3-1-13-32(27)19-36-17-24-6-5-21(24)8-12-30(37)35-14-2-4-26(18-35)41(39)34-31(38)23-7-11-29(40-20-32)28(36)16-23/h7,9-11,15-16,21,24,26H,1-6,8,12-14,17-20H2,(H,34,38)/t21-,24-,26-,32-,41?/m0/s1. The van der Waals surface area contributed by atoms with E-state index in [1.165, 1.54) is 11.1 Å². The van der Waals surface area contributed by atoms with Crippen LogP contribution < -0.4 is 14.4 Å². The zero-order valence-electron chi connectivity index (χ0n) is 23.4. The van der Waals surface area contributed by atoms with Crippen LogP contribution >= 0.6 is 11.6 Å². The third-order valence-electron chi connectivity index (χ3n) is 10.3. The lowest BCUT2D eigenvalue weighted by Gasteiger charge is -2.45. The molecule has 1 N–H and O–H groups in total. The van der Waals surface area contributed by atoms with Crippen molar-refractivity contribution in [2.45, 2.75) is 68.5 Å². The summed E-state index contributed by atoms with van der Waals surface area (Å²) in [7, 11) is 0. The van der Waals surface area contributed by atoms with Crippen LogP contribution in [-0.2, 0) is 28.0 Å². The Morgan fingerprint density at radius 3 is 2.71 bits per heavy atom. The number of benzene rings is 2. The minimum Gasteiger partial charge on any atom is -0.593 e. The predicted molar refractivity (Wildman–Crippen MR) is 161 cm³/mol. The smallest absolute Gasteiger partial charge is 0.292 e. The zero-order chi connectivity index (χ0) is 28.1. The van der Waals surface area contributed by atoms with Gasteiger partial charge >= 0.3 is 0 Å². The fraction of sp³-hybridized carbons (Fsp3) is 0.562. The quantitative estimate of drug-likeness (QED) is 0.433. The summed E-state index contributed by atoms with van der Waals surface area (Å²) in [6.45, 7) is 3.38. The molecule has 3 aliphatic heterocycles. The van der Waals surface area contributed by atoms with Crippen molar-refractivity contribution in [1.29, 1.82) is 0 Å². The largest absolute Gasteiger partial charge is 0.593 e. The molecule has 7 rings (SSSR count). The average molecular weight is 596 g/mol. The minimum absolute atomic E-state index is 0.155. The summed E-state index contributed by atoms with van der Waals surface area (Å²) >= 11 is 4.84. The highest BCUT2D eigenvalue weighted by Gasteiger charge is 2.44. The van der Waals surface area contributed by atoms with E-state index in [-0.39, 0.29) is 22.5 Å². The van der Waals surface area contributed by atoms with Gasteiger partial charge in [-0.2, -0.15) is 4.72 Å². The van der Waals surface area contributed by atoms with E-state index in [1.54, 1.807) is 6.07 Å². The number of fused-ring (bicyclic) bond motifs is 6. The third kappa shape index (κ3) is 5.21. The van der Waals surface area contributed by atoms with Gasteiger partial charge in [0.15, 0.2) is 5.25 Å². The summed E-state index contributed by atoms with van der Waals surface area (Å²) < 4.78 is 22.6. The van der Waals surface area contributed by atoms with Crippen LogP contribution in [0.1, 0.15) is 72.9 Å². The summed E-state index contributed by atoms with van der Waals surface area (Å²) in [5.41, 5.74) is 3.85. The van der Waals surface area contributed by atoms with Gasteiger partial charge in [0.2, 0.25) is 5.91 Å². The Kier molecular flexibility index (Phi) is 7.36. The number of carbonyl (C=O) groups is 2. The topological polar surface area (TPSA) is 84.9 Å².